The molecule has 44 heavy (non-hydrogen) atoms. The Kier molecular flexibility index (Phi) is 21.2. The van der Waals surface area contributed by atoms with Gasteiger partial charge in [0.1, 0.15) is 11.9 Å². The van der Waals surface area contributed by atoms with Crippen LogP contribution in [-0.4, -0.2) is 63.7 Å². The zero-order chi connectivity index (χ0) is 32.0. The van der Waals surface area contributed by atoms with Gasteiger partial charge < -0.3 is 29.6 Å². The number of aliphatic hydroxyl groups excluding tert-OH is 3. The third-order valence-electron chi connectivity index (χ3n) is 9.54. The molecule has 0 aromatic heterocycles. The van der Waals surface area contributed by atoms with E-state index in [1.165, 1.54) is 71.1 Å². The van der Waals surface area contributed by atoms with Gasteiger partial charge in [0.05, 0.1) is 36.4 Å². The molecule has 2 saturated heterocycles. The number of carbonyl (C=O) groups is 2. The molecule has 0 radical (unpaired) electrons. The van der Waals surface area contributed by atoms with E-state index < -0.39 is 18.3 Å². The monoisotopic (exact) mass is 622 g/mol. The fourth-order valence-electron chi connectivity index (χ4n) is 6.73. The van der Waals surface area contributed by atoms with E-state index in [2.05, 4.69) is 19.1 Å². The lowest BCUT2D eigenvalue weighted by molar-refractivity contribution is -0.145. The molecule has 7 nitrogen and oxygen atoms in total. The maximum absolute atomic E-state index is 11.9. The van der Waals surface area contributed by atoms with E-state index in [0.29, 0.717) is 25.7 Å². The summed E-state index contributed by atoms with van der Waals surface area (Å²) in [5.74, 6) is -0.448. The molecular weight excluding hydrogens is 556 g/mol. The number of allylic oxidation sites excluding steroid dienone is 2. The van der Waals surface area contributed by atoms with Crippen LogP contribution in [0.5, 0.6) is 0 Å². The second kappa shape index (κ2) is 24.0. The highest BCUT2D eigenvalue weighted by atomic mass is 16.6. The van der Waals surface area contributed by atoms with Gasteiger partial charge in [-0.1, -0.05) is 89.7 Å². The summed E-state index contributed by atoms with van der Waals surface area (Å²) in [6.07, 6.45) is 26.2. The van der Waals surface area contributed by atoms with Crippen LogP contribution in [0.1, 0.15) is 168 Å². The molecule has 3 N–H and O–H groups in total. The van der Waals surface area contributed by atoms with Gasteiger partial charge >= 0.3 is 5.97 Å². The summed E-state index contributed by atoms with van der Waals surface area (Å²) < 4.78 is 11.5. The molecule has 256 valence electrons. The Balaban J connectivity index is 1.43. The summed E-state index contributed by atoms with van der Waals surface area (Å²) in [7, 11) is 0. The molecule has 2 aliphatic heterocycles. The minimum atomic E-state index is -0.825. The quantitative estimate of drug-likeness (QED) is 0.0485. The SMILES string of the molecule is CCCCCCCCCCCC/C=C\CC[C@@H](O)[C@H](O)CC[C@H](O)[C@@H]1CC[C@@H](CCCCC[C@@H]2C[C@@H](CC(C)=O)C(=O)O2)O1. The number of cyclic esters (lactones) is 1. The predicted molar refractivity (Wildman–Crippen MR) is 176 cm³/mol. The lowest BCUT2D eigenvalue weighted by Crippen LogP contribution is -2.31. The van der Waals surface area contributed by atoms with Crippen LogP contribution in [-0.2, 0) is 19.1 Å². The average molecular weight is 623 g/mol. The molecule has 0 aromatic rings. The Morgan fingerprint density at radius 1 is 0.773 bits per heavy atom. The zero-order valence-corrected chi connectivity index (χ0v) is 28.1. The lowest BCUT2D eigenvalue weighted by Gasteiger charge is -2.22. The van der Waals surface area contributed by atoms with Gasteiger partial charge in [-0.05, 0) is 84.0 Å². The highest BCUT2D eigenvalue weighted by molar-refractivity contribution is 5.83. The Labute approximate surface area is 268 Å². The molecule has 7 heteroatoms. The minimum Gasteiger partial charge on any atom is -0.462 e. The van der Waals surface area contributed by atoms with Crippen molar-refractivity contribution in [3.63, 3.8) is 0 Å². The smallest absolute Gasteiger partial charge is 0.309 e. The number of unbranched alkanes of at least 4 members (excludes halogenated alkanes) is 12. The third-order valence-corrected chi connectivity index (χ3v) is 9.54. The van der Waals surface area contributed by atoms with Crippen LogP contribution >= 0.6 is 0 Å². The molecule has 0 aromatic carbocycles. The molecular formula is C37H66O7. The molecule has 0 bridgehead atoms. The normalized spacial score (nSPS) is 24.2. The molecule has 2 fully saturated rings. The standard InChI is InChI=1S/C37H66O7/c1-3-4-5-6-7-8-9-10-11-12-13-14-15-19-22-33(39)34(40)24-25-35(41)36-26-23-31(43-36)20-17-16-18-21-32-28-30(27-29(2)38)37(42)44-32/h14-15,30-36,39-41H,3-13,16-28H2,1-2H3/b15-14-/t30-,31-,32-,33-,34-,35+,36+/m1/s1. The Bertz CT molecular complexity index is 784. The highest BCUT2D eigenvalue weighted by Gasteiger charge is 2.35. The second-order valence-corrected chi connectivity index (χ2v) is 13.7. The van der Waals surface area contributed by atoms with Crippen molar-refractivity contribution in [2.45, 2.75) is 205 Å². The van der Waals surface area contributed by atoms with Gasteiger partial charge in [0.2, 0.25) is 0 Å². The van der Waals surface area contributed by atoms with Crippen molar-refractivity contribution in [3.05, 3.63) is 12.2 Å². The van der Waals surface area contributed by atoms with Crippen molar-refractivity contribution in [1.29, 1.82) is 0 Å². The van der Waals surface area contributed by atoms with Crippen LogP contribution in [0, 0.1) is 5.92 Å². The molecule has 2 rings (SSSR count). The van der Waals surface area contributed by atoms with E-state index in [4.69, 9.17) is 9.47 Å². The average Bonchev–Trinajstić information content (AvgIpc) is 3.61. The van der Waals surface area contributed by atoms with Crippen LogP contribution in [0.15, 0.2) is 12.2 Å². The Morgan fingerprint density at radius 2 is 1.36 bits per heavy atom. The van der Waals surface area contributed by atoms with Gasteiger partial charge in [-0.15, -0.1) is 0 Å². The van der Waals surface area contributed by atoms with Crippen LogP contribution in [0.25, 0.3) is 0 Å². The van der Waals surface area contributed by atoms with Crippen molar-refractivity contribution in [2.75, 3.05) is 0 Å². The van der Waals surface area contributed by atoms with E-state index in [1.807, 2.05) is 0 Å². The van der Waals surface area contributed by atoms with Crippen LogP contribution < -0.4 is 0 Å². The summed E-state index contributed by atoms with van der Waals surface area (Å²) >= 11 is 0. The van der Waals surface area contributed by atoms with Gasteiger partial charge in [-0.3, -0.25) is 4.79 Å². The van der Waals surface area contributed by atoms with Gasteiger partial charge in [0.25, 0.3) is 0 Å². The van der Waals surface area contributed by atoms with E-state index in [-0.39, 0.29) is 42.4 Å². The first-order chi connectivity index (χ1) is 21.3. The Hall–Kier alpha value is -1.28. The number of hydrogen-bond donors (Lipinski definition) is 3. The van der Waals surface area contributed by atoms with Gasteiger partial charge in [-0.25, -0.2) is 0 Å². The molecule has 0 unspecified atom stereocenters. The first-order valence-electron chi connectivity index (χ1n) is 18.3. The first kappa shape index (κ1) is 38.9. The van der Waals surface area contributed by atoms with E-state index in [9.17, 15) is 24.9 Å². The van der Waals surface area contributed by atoms with Gasteiger partial charge in [0, 0.05) is 6.42 Å². The number of Topliss-reactive ketones (excluding diaryl/α,β-unsaturated/α-hetero) is 1. The zero-order valence-electron chi connectivity index (χ0n) is 28.1. The summed E-state index contributed by atoms with van der Waals surface area (Å²) in [5.41, 5.74) is 0. The predicted octanol–water partition coefficient (Wildman–Crippen LogP) is 7.91. The number of carbonyl (C=O) groups excluding carboxylic acids is 2. The fourth-order valence-corrected chi connectivity index (χ4v) is 6.73. The number of esters is 1. The van der Waals surface area contributed by atoms with Gasteiger partial charge in [-0.2, -0.15) is 0 Å². The number of hydrogen-bond acceptors (Lipinski definition) is 7. The third kappa shape index (κ3) is 17.4. The number of rotatable bonds is 27. The Morgan fingerprint density at radius 3 is 2.05 bits per heavy atom. The lowest BCUT2D eigenvalue weighted by atomic mass is 9.96. The van der Waals surface area contributed by atoms with Crippen LogP contribution in [0.3, 0.4) is 0 Å². The summed E-state index contributed by atoms with van der Waals surface area (Å²) in [4.78, 5) is 23.2. The van der Waals surface area contributed by atoms with Crippen LogP contribution in [0.2, 0.25) is 0 Å². The number of ketones is 1. The maximum Gasteiger partial charge on any atom is 0.309 e. The van der Waals surface area contributed by atoms with Crippen molar-refractivity contribution in [1.82, 2.24) is 0 Å². The second-order valence-electron chi connectivity index (χ2n) is 13.7. The largest absolute Gasteiger partial charge is 0.462 e. The molecule has 2 heterocycles. The van der Waals surface area contributed by atoms with Crippen molar-refractivity contribution in [3.8, 4) is 0 Å². The van der Waals surface area contributed by atoms with Crippen molar-refractivity contribution >= 4 is 11.8 Å². The minimum absolute atomic E-state index is 0.0365. The van der Waals surface area contributed by atoms with E-state index in [0.717, 1.165) is 57.8 Å². The first-order valence-corrected chi connectivity index (χ1v) is 18.3. The molecule has 7 atom stereocenters. The fraction of sp³-hybridized carbons (Fsp3) is 0.892. The highest BCUT2D eigenvalue weighted by Crippen LogP contribution is 2.30. The van der Waals surface area contributed by atoms with E-state index in [1.54, 1.807) is 0 Å². The van der Waals surface area contributed by atoms with Gasteiger partial charge in [0.15, 0.2) is 0 Å². The van der Waals surface area contributed by atoms with Crippen molar-refractivity contribution in [2.24, 2.45) is 5.92 Å². The maximum atomic E-state index is 11.9. The topological polar surface area (TPSA) is 113 Å². The van der Waals surface area contributed by atoms with Crippen molar-refractivity contribution < 1.29 is 34.4 Å². The molecule has 0 amide bonds. The molecule has 0 spiro atoms. The van der Waals surface area contributed by atoms with E-state index >= 15 is 0 Å². The summed E-state index contributed by atoms with van der Waals surface area (Å²) in [6, 6.07) is 0. The molecule has 0 aliphatic carbocycles. The van der Waals surface area contributed by atoms with Crippen LogP contribution in [0.4, 0.5) is 0 Å². The number of ether oxygens (including phenoxy) is 2. The summed E-state index contributed by atoms with van der Waals surface area (Å²) in [5, 5.41) is 31.4. The number of aliphatic hydroxyl groups is 3. The molecule has 2 aliphatic rings. The summed E-state index contributed by atoms with van der Waals surface area (Å²) in [6.45, 7) is 3.78. The molecule has 0 saturated carbocycles.